The second-order valence-electron chi connectivity index (χ2n) is 8.47. The molecule has 1 aliphatic rings. The highest BCUT2D eigenvalue weighted by Gasteiger charge is 2.24. The van der Waals surface area contributed by atoms with Crippen LogP contribution in [0.3, 0.4) is 0 Å². The van der Waals surface area contributed by atoms with Gasteiger partial charge in [-0.05, 0) is 85.0 Å². The van der Waals surface area contributed by atoms with Gasteiger partial charge >= 0.3 is 0 Å². The first-order chi connectivity index (χ1) is 16.3. The number of halogens is 1. The summed E-state index contributed by atoms with van der Waals surface area (Å²) < 4.78 is 43.7. The molecule has 0 radical (unpaired) electrons. The van der Waals surface area contributed by atoms with Gasteiger partial charge in [-0.3, -0.25) is 4.18 Å². The fourth-order valence-corrected chi connectivity index (χ4v) is 5.25. The quantitative estimate of drug-likeness (QED) is 0.422. The van der Waals surface area contributed by atoms with Crippen LogP contribution in [0.4, 0.5) is 4.39 Å². The number of hydrogen-bond acceptors (Lipinski definition) is 4. The van der Waals surface area contributed by atoms with Crippen LogP contribution in [-0.4, -0.2) is 26.2 Å². The molecule has 0 spiro atoms. The maximum absolute atomic E-state index is 13.9. The van der Waals surface area contributed by atoms with Crippen molar-refractivity contribution < 1.29 is 22.1 Å². The SMILES string of the molecule is CC.Cc1ccc(S(=O)(=O)OC[C@H](O)CC[C@H]2Cc3cc(F)ccc3Cc3ccccc32)cc1. The van der Waals surface area contributed by atoms with E-state index < -0.39 is 16.2 Å². The monoisotopic (exact) mass is 484 g/mol. The average Bonchev–Trinajstić information content (AvgIpc) is 2.99. The van der Waals surface area contributed by atoms with Crippen molar-refractivity contribution in [1.82, 2.24) is 0 Å². The number of aryl methyl sites for hydroxylation is 1. The summed E-state index contributed by atoms with van der Waals surface area (Å²) in [4.78, 5) is 0.0756. The van der Waals surface area contributed by atoms with E-state index in [-0.39, 0.29) is 23.2 Å². The summed E-state index contributed by atoms with van der Waals surface area (Å²) in [5.74, 6) is -0.138. The highest BCUT2D eigenvalue weighted by Crippen LogP contribution is 2.35. The number of rotatable bonds is 7. The van der Waals surface area contributed by atoms with Crippen molar-refractivity contribution in [1.29, 1.82) is 0 Å². The molecule has 0 aliphatic heterocycles. The number of benzene rings is 3. The first-order valence-electron chi connectivity index (χ1n) is 11.8. The fraction of sp³-hybridized carbons (Fsp3) is 0.357. The van der Waals surface area contributed by atoms with Crippen molar-refractivity contribution in [3.63, 3.8) is 0 Å². The molecule has 3 aromatic carbocycles. The Kier molecular flexibility index (Phi) is 9.00. The Labute approximate surface area is 202 Å². The summed E-state index contributed by atoms with van der Waals surface area (Å²) in [5, 5.41) is 10.4. The van der Waals surface area contributed by atoms with Crippen LogP contribution in [0, 0.1) is 12.7 Å². The molecule has 0 amide bonds. The van der Waals surface area contributed by atoms with E-state index in [2.05, 4.69) is 12.1 Å². The fourth-order valence-electron chi connectivity index (χ4n) is 4.31. The van der Waals surface area contributed by atoms with Crippen LogP contribution in [0.15, 0.2) is 71.6 Å². The molecule has 0 unspecified atom stereocenters. The first-order valence-corrected chi connectivity index (χ1v) is 13.2. The molecule has 0 bridgehead atoms. The molecule has 0 aromatic heterocycles. The number of aliphatic hydroxyl groups is 1. The van der Waals surface area contributed by atoms with Crippen molar-refractivity contribution in [2.75, 3.05) is 6.61 Å². The van der Waals surface area contributed by atoms with E-state index in [0.29, 0.717) is 19.3 Å². The second-order valence-corrected chi connectivity index (χ2v) is 10.1. The maximum atomic E-state index is 13.9. The maximum Gasteiger partial charge on any atom is 0.297 e. The molecule has 2 atom stereocenters. The largest absolute Gasteiger partial charge is 0.391 e. The third kappa shape index (κ3) is 6.53. The summed E-state index contributed by atoms with van der Waals surface area (Å²) in [6, 6.07) is 19.5. The summed E-state index contributed by atoms with van der Waals surface area (Å²) in [6.07, 6.45) is 1.54. The lowest BCUT2D eigenvalue weighted by atomic mass is 9.87. The van der Waals surface area contributed by atoms with E-state index in [9.17, 15) is 17.9 Å². The normalized spacial score (nSPS) is 15.9. The lowest BCUT2D eigenvalue weighted by Gasteiger charge is -2.20. The first kappa shape index (κ1) is 26.1. The summed E-state index contributed by atoms with van der Waals surface area (Å²) in [7, 11) is -3.92. The van der Waals surface area contributed by atoms with Crippen LogP contribution < -0.4 is 0 Å². The molecule has 0 saturated carbocycles. The molecule has 34 heavy (non-hydrogen) atoms. The van der Waals surface area contributed by atoms with Crippen LogP contribution in [0.2, 0.25) is 0 Å². The highest BCUT2D eigenvalue weighted by molar-refractivity contribution is 7.86. The Bertz CT molecular complexity index is 1190. The van der Waals surface area contributed by atoms with Gasteiger partial charge in [0.05, 0.1) is 17.6 Å². The Morgan fingerprint density at radius 3 is 2.44 bits per heavy atom. The highest BCUT2D eigenvalue weighted by atomic mass is 32.2. The van der Waals surface area contributed by atoms with Gasteiger partial charge in [0, 0.05) is 0 Å². The average molecular weight is 485 g/mol. The van der Waals surface area contributed by atoms with Crippen LogP contribution >= 0.6 is 0 Å². The minimum atomic E-state index is -3.92. The van der Waals surface area contributed by atoms with Gasteiger partial charge in [-0.25, -0.2) is 4.39 Å². The van der Waals surface area contributed by atoms with Gasteiger partial charge in [-0.2, -0.15) is 8.42 Å². The molecule has 3 aromatic rings. The topological polar surface area (TPSA) is 63.6 Å². The van der Waals surface area contributed by atoms with Gasteiger partial charge in [0.25, 0.3) is 10.1 Å². The van der Waals surface area contributed by atoms with E-state index in [1.807, 2.05) is 39.0 Å². The zero-order valence-electron chi connectivity index (χ0n) is 20.0. The van der Waals surface area contributed by atoms with Gasteiger partial charge in [-0.15, -0.1) is 0 Å². The van der Waals surface area contributed by atoms with Gasteiger partial charge < -0.3 is 5.11 Å². The third-order valence-corrected chi connectivity index (χ3v) is 7.38. The van der Waals surface area contributed by atoms with E-state index in [4.69, 9.17) is 4.18 Å². The molecular weight excluding hydrogens is 451 g/mol. The van der Waals surface area contributed by atoms with Crippen LogP contribution in [0.1, 0.15) is 60.4 Å². The minimum absolute atomic E-state index is 0.0756. The summed E-state index contributed by atoms with van der Waals surface area (Å²) in [5.41, 5.74) is 5.46. The molecule has 0 fully saturated rings. The molecule has 4 nitrogen and oxygen atoms in total. The molecule has 6 heteroatoms. The van der Waals surface area contributed by atoms with Crippen molar-refractivity contribution in [3.8, 4) is 0 Å². The van der Waals surface area contributed by atoms with E-state index in [0.717, 1.165) is 23.1 Å². The Morgan fingerprint density at radius 1 is 1.00 bits per heavy atom. The van der Waals surface area contributed by atoms with E-state index in [1.165, 1.54) is 29.3 Å². The van der Waals surface area contributed by atoms with Crippen LogP contribution in [-0.2, 0) is 27.1 Å². The lowest BCUT2D eigenvalue weighted by Crippen LogP contribution is -2.20. The van der Waals surface area contributed by atoms with Crippen molar-refractivity contribution in [2.45, 2.75) is 63.4 Å². The van der Waals surface area contributed by atoms with Gasteiger partial charge in [0.15, 0.2) is 0 Å². The Morgan fingerprint density at radius 2 is 1.71 bits per heavy atom. The van der Waals surface area contributed by atoms with E-state index >= 15 is 0 Å². The minimum Gasteiger partial charge on any atom is -0.391 e. The zero-order valence-corrected chi connectivity index (χ0v) is 20.8. The Balaban J connectivity index is 0.00000158. The third-order valence-electron chi connectivity index (χ3n) is 6.08. The van der Waals surface area contributed by atoms with Gasteiger partial charge in [0.1, 0.15) is 5.82 Å². The van der Waals surface area contributed by atoms with Gasteiger partial charge in [-0.1, -0.05) is 61.9 Å². The summed E-state index contributed by atoms with van der Waals surface area (Å²) in [6.45, 7) is 5.58. The number of fused-ring (bicyclic) bond motifs is 2. The smallest absolute Gasteiger partial charge is 0.297 e. The molecule has 182 valence electrons. The zero-order chi connectivity index (χ0) is 24.7. The van der Waals surface area contributed by atoms with Gasteiger partial charge in [0.2, 0.25) is 0 Å². The predicted octanol–water partition coefficient (Wildman–Crippen LogP) is 5.94. The molecule has 0 heterocycles. The van der Waals surface area contributed by atoms with Crippen LogP contribution in [0.5, 0.6) is 0 Å². The lowest BCUT2D eigenvalue weighted by molar-refractivity contribution is 0.0991. The molecule has 4 rings (SSSR count). The molecule has 0 saturated heterocycles. The number of hydrogen-bond donors (Lipinski definition) is 1. The van der Waals surface area contributed by atoms with Crippen molar-refractivity contribution in [2.24, 2.45) is 0 Å². The Hall–Kier alpha value is -2.54. The standard InChI is InChI=1S/C26H27FO4S.C2H6/c1-18-6-12-25(13-7-18)32(29,30)31-17-24(28)11-9-21-15-22-16-23(27)10-8-19(22)14-20-4-2-3-5-26(20)21;1-2/h2-8,10,12-13,16,21,24,28H,9,11,14-15,17H2,1H3;1-2H3/t21-,24+;/m0./s1. The molecular formula is C28H33FO4S. The van der Waals surface area contributed by atoms with Crippen LogP contribution in [0.25, 0.3) is 0 Å². The van der Waals surface area contributed by atoms with Crippen molar-refractivity contribution in [3.05, 3.63) is 100 Å². The predicted molar refractivity (Wildman–Crippen MR) is 133 cm³/mol. The molecule has 1 aliphatic carbocycles. The summed E-state index contributed by atoms with van der Waals surface area (Å²) >= 11 is 0. The van der Waals surface area contributed by atoms with E-state index in [1.54, 1.807) is 18.2 Å². The molecule has 1 N–H and O–H groups in total. The number of aliphatic hydroxyl groups excluding tert-OH is 1. The second kappa shape index (κ2) is 11.7. The van der Waals surface area contributed by atoms with Crippen molar-refractivity contribution >= 4 is 10.1 Å².